The van der Waals surface area contributed by atoms with Crippen molar-refractivity contribution < 1.29 is 13.9 Å². The first-order chi connectivity index (χ1) is 6.61. The zero-order valence-corrected chi connectivity index (χ0v) is 8.48. The number of benzene rings is 1. The van der Waals surface area contributed by atoms with E-state index in [4.69, 9.17) is 16.3 Å². The first kappa shape index (κ1) is 10.8. The molecule has 1 N–H and O–H groups in total. The largest absolute Gasteiger partial charge is 0.492 e. The maximum Gasteiger partial charge on any atom is 0.254 e. The van der Waals surface area contributed by atoms with Crippen LogP contribution in [0.25, 0.3) is 0 Å². The summed E-state index contributed by atoms with van der Waals surface area (Å²) in [6.07, 6.45) is 0. The van der Waals surface area contributed by atoms with Gasteiger partial charge in [-0.3, -0.25) is 4.79 Å². The highest BCUT2D eigenvalue weighted by molar-refractivity contribution is 6.32. The van der Waals surface area contributed by atoms with E-state index in [1.165, 1.54) is 26.3 Å². The second-order valence-corrected chi connectivity index (χ2v) is 2.93. The SMILES string of the molecule is CNC(=O)c1ccc(Cl)c(OC)c1F. The Hall–Kier alpha value is -1.29. The third-order valence-corrected chi connectivity index (χ3v) is 2.02. The van der Waals surface area contributed by atoms with Crippen LogP contribution in [-0.2, 0) is 0 Å². The molecule has 1 rings (SSSR count). The van der Waals surface area contributed by atoms with Gasteiger partial charge in [0.2, 0.25) is 0 Å². The first-order valence-electron chi connectivity index (χ1n) is 3.86. The minimum atomic E-state index is -0.751. The topological polar surface area (TPSA) is 38.3 Å². The number of hydrogen-bond acceptors (Lipinski definition) is 2. The number of amides is 1. The molecule has 0 radical (unpaired) electrons. The molecule has 1 aromatic rings. The van der Waals surface area contributed by atoms with E-state index in [0.717, 1.165) is 0 Å². The molecule has 0 saturated carbocycles. The maximum atomic E-state index is 13.5. The molecule has 0 heterocycles. The summed E-state index contributed by atoms with van der Waals surface area (Å²) >= 11 is 5.65. The highest BCUT2D eigenvalue weighted by atomic mass is 35.5. The van der Waals surface area contributed by atoms with Crippen molar-refractivity contribution in [1.29, 1.82) is 0 Å². The van der Waals surface area contributed by atoms with Crippen LogP contribution < -0.4 is 10.1 Å². The first-order valence-corrected chi connectivity index (χ1v) is 4.23. The molecule has 0 aliphatic carbocycles. The number of nitrogens with one attached hydrogen (secondary N) is 1. The van der Waals surface area contributed by atoms with Crippen LogP contribution >= 0.6 is 11.6 Å². The molecule has 0 unspecified atom stereocenters. The zero-order chi connectivity index (χ0) is 10.7. The van der Waals surface area contributed by atoms with Crippen LogP contribution in [0.15, 0.2) is 12.1 Å². The molecule has 76 valence electrons. The lowest BCUT2D eigenvalue weighted by Crippen LogP contribution is -2.19. The Bertz CT molecular complexity index is 368. The van der Waals surface area contributed by atoms with E-state index >= 15 is 0 Å². The molecular formula is C9H9ClFNO2. The minimum absolute atomic E-state index is 0.0891. The van der Waals surface area contributed by atoms with Crippen LogP contribution in [0.4, 0.5) is 4.39 Å². The summed E-state index contributed by atoms with van der Waals surface area (Å²) in [6, 6.07) is 2.72. The second-order valence-electron chi connectivity index (χ2n) is 2.52. The Morgan fingerprint density at radius 1 is 1.57 bits per heavy atom. The molecule has 0 fully saturated rings. The van der Waals surface area contributed by atoms with Gasteiger partial charge in [0.15, 0.2) is 11.6 Å². The van der Waals surface area contributed by atoms with Gasteiger partial charge in [-0.15, -0.1) is 0 Å². The second kappa shape index (κ2) is 4.28. The zero-order valence-electron chi connectivity index (χ0n) is 7.73. The molecule has 0 spiro atoms. The van der Waals surface area contributed by atoms with Gasteiger partial charge < -0.3 is 10.1 Å². The van der Waals surface area contributed by atoms with Gasteiger partial charge in [-0.05, 0) is 12.1 Å². The number of carbonyl (C=O) groups is 1. The van der Waals surface area contributed by atoms with Gasteiger partial charge in [-0.25, -0.2) is 4.39 Å². The van der Waals surface area contributed by atoms with E-state index in [2.05, 4.69) is 5.32 Å². The van der Waals surface area contributed by atoms with Crippen LogP contribution in [0.1, 0.15) is 10.4 Å². The molecule has 5 heteroatoms. The third kappa shape index (κ3) is 1.80. The van der Waals surface area contributed by atoms with Crippen molar-refractivity contribution in [2.75, 3.05) is 14.2 Å². The normalized spacial score (nSPS) is 9.71. The van der Waals surface area contributed by atoms with Gasteiger partial charge >= 0.3 is 0 Å². The Morgan fingerprint density at radius 2 is 2.21 bits per heavy atom. The van der Waals surface area contributed by atoms with E-state index < -0.39 is 11.7 Å². The van der Waals surface area contributed by atoms with Gasteiger partial charge in [0.25, 0.3) is 5.91 Å². The molecule has 1 aromatic carbocycles. The monoisotopic (exact) mass is 217 g/mol. The highest BCUT2D eigenvalue weighted by Gasteiger charge is 2.17. The molecule has 0 aliphatic rings. The van der Waals surface area contributed by atoms with Crippen molar-refractivity contribution in [3.05, 3.63) is 28.5 Å². The summed E-state index contributed by atoms with van der Waals surface area (Å²) in [5.74, 6) is -1.38. The number of methoxy groups -OCH3 is 1. The predicted molar refractivity (Wildman–Crippen MR) is 51.4 cm³/mol. The average Bonchev–Trinajstić information content (AvgIpc) is 2.18. The van der Waals surface area contributed by atoms with Gasteiger partial charge in [-0.2, -0.15) is 0 Å². The van der Waals surface area contributed by atoms with Gasteiger partial charge in [0.1, 0.15) is 0 Å². The number of ether oxygens (including phenoxy) is 1. The average molecular weight is 218 g/mol. The Labute approximate surface area is 85.8 Å². The van der Waals surface area contributed by atoms with Crippen molar-refractivity contribution in [3.8, 4) is 5.75 Å². The quantitative estimate of drug-likeness (QED) is 0.821. The van der Waals surface area contributed by atoms with Gasteiger partial charge in [0.05, 0.1) is 17.7 Å². The maximum absolute atomic E-state index is 13.5. The number of halogens is 2. The minimum Gasteiger partial charge on any atom is -0.492 e. The fourth-order valence-electron chi connectivity index (χ4n) is 1.03. The summed E-state index contributed by atoms with van der Waals surface area (Å²) in [5, 5.41) is 2.45. The van der Waals surface area contributed by atoms with E-state index in [1.807, 2.05) is 0 Å². The molecule has 3 nitrogen and oxygen atoms in total. The van der Waals surface area contributed by atoms with Crippen LogP contribution in [0.3, 0.4) is 0 Å². The molecular weight excluding hydrogens is 209 g/mol. The van der Waals surface area contributed by atoms with E-state index in [1.54, 1.807) is 0 Å². The Morgan fingerprint density at radius 3 is 2.71 bits per heavy atom. The van der Waals surface area contributed by atoms with Crippen molar-refractivity contribution in [2.45, 2.75) is 0 Å². The summed E-state index contributed by atoms with van der Waals surface area (Å²) in [5.41, 5.74) is -0.0891. The smallest absolute Gasteiger partial charge is 0.254 e. The van der Waals surface area contributed by atoms with Crippen LogP contribution in [-0.4, -0.2) is 20.1 Å². The number of hydrogen-bond donors (Lipinski definition) is 1. The highest BCUT2D eigenvalue weighted by Crippen LogP contribution is 2.29. The van der Waals surface area contributed by atoms with Crippen molar-refractivity contribution >= 4 is 17.5 Å². The molecule has 0 bridgehead atoms. The number of rotatable bonds is 2. The van der Waals surface area contributed by atoms with E-state index in [9.17, 15) is 9.18 Å². The van der Waals surface area contributed by atoms with Crippen molar-refractivity contribution in [1.82, 2.24) is 5.32 Å². The molecule has 1 amide bonds. The molecule has 0 aliphatic heterocycles. The molecule has 0 saturated heterocycles. The Kier molecular flexibility index (Phi) is 3.30. The van der Waals surface area contributed by atoms with Gasteiger partial charge in [0, 0.05) is 7.05 Å². The predicted octanol–water partition coefficient (Wildman–Crippen LogP) is 1.85. The fourth-order valence-corrected chi connectivity index (χ4v) is 1.25. The Balaban J connectivity index is 3.28. The van der Waals surface area contributed by atoms with E-state index in [-0.39, 0.29) is 16.3 Å². The fraction of sp³-hybridized carbons (Fsp3) is 0.222. The molecule has 14 heavy (non-hydrogen) atoms. The van der Waals surface area contributed by atoms with Crippen molar-refractivity contribution in [2.24, 2.45) is 0 Å². The van der Waals surface area contributed by atoms with Crippen LogP contribution in [0, 0.1) is 5.82 Å². The standard InChI is InChI=1S/C9H9ClFNO2/c1-12-9(13)5-3-4-6(10)8(14-2)7(5)11/h3-4H,1-2H3,(H,12,13). The van der Waals surface area contributed by atoms with Crippen LogP contribution in [0.5, 0.6) is 5.75 Å². The summed E-state index contributed by atoms with van der Waals surface area (Å²) in [7, 11) is 2.71. The summed E-state index contributed by atoms with van der Waals surface area (Å²) in [4.78, 5) is 11.2. The van der Waals surface area contributed by atoms with Gasteiger partial charge in [-0.1, -0.05) is 11.6 Å². The summed E-state index contributed by atoms with van der Waals surface area (Å²) < 4.78 is 18.2. The third-order valence-electron chi connectivity index (χ3n) is 1.72. The molecule has 0 atom stereocenters. The number of carbonyl (C=O) groups excluding carboxylic acids is 1. The lowest BCUT2D eigenvalue weighted by atomic mass is 10.2. The lowest BCUT2D eigenvalue weighted by molar-refractivity contribution is 0.0958. The van der Waals surface area contributed by atoms with E-state index in [0.29, 0.717) is 0 Å². The summed E-state index contributed by atoms with van der Waals surface area (Å²) in [6.45, 7) is 0. The van der Waals surface area contributed by atoms with Crippen molar-refractivity contribution in [3.63, 3.8) is 0 Å². The van der Waals surface area contributed by atoms with Crippen LogP contribution in [0.2, 0.25) is 5.02 Å². The molecule has 0 aromatic heterocycles. The lowest BCUT2D eigenvalue weighted by Gasteiger charge is -2.07.